The molecule has 8 heteroatoms. The van der Waals surface area contributed by atoms with Crippen LogP contribution in [0.4, 0.5) is 13.2 Å². The van der Waals surface area contributed by atoms with Gasteiger partial charge in [-0.25, -0.2) is 0 Å². The van der Waals surface area contributed by atoms with E-state index in [1.807, 2.05) is 0 Å². The molecule has 1 heterocycles. The number of alkyl halides is 3. The van der Waals surface area contributed by atoms with Crippen molar-refractivity contribution in [2.45, 2.75) is 11.6 Å². The van der Waals surface area contributed by atoms with Crippen molar-refractivity contribution in [2.75, 3.05) is 6.61 Å². The second-order valence-electron chi connectivity index (χ2n) is 4.50. The molecule has 1 atom stereocenters. The smallest absolute Gasteiger partial charge is 0.376 e. The van der Waals surface area contributed by atoms with E-state index in [4.69, 9.17) is 4.74 Å². The van der Waals surface area contributed by atoms with Crippen LogP contribution in [0.25, 0.3) is 10.8 Å². The summed E-state index contributed by atoms with van der Waals surface area (Å²) in [7, 11) is -5.70. The van der Waals surface area contributed by atoms with Crippen molar-refractivity contribution in [1.82, 2.24) is 0 Å². The zero-order valence-corrected chi connectivity index (χ0v) is 11.2. The standard InChI is InChI=1S/C13H9F3O4S/c14-13(15,16)21(17,18)20-10-6-5-8-3-1-2-4-9(8)12(10)11-7-19-11/h1-6,11H,7H2/t11-/m1/s1. The molecule has 0 aromatic heterocycles. The molecule has 1 aliphatic rings. The molecule has 0 radical (unpaired) electrons. The van der Waals surface area contributed by atoms with Gasteiger partial charge < -0.3 is 8.92 Å². The molecule has 4 nitrogen and oxygen atoms in total. The van der Waals surface area contributed by atoms with Gasteiger partial charge in [0.2, 0.25) is 0 Å². The van der Waals surface area contributed by atoms with Crippen LogP contribution in [0.5, 0.6) is 5.75 Å². The molecule has 0 aliphatic carbocycles. The van der Waals surface area contributed by atoms with Gasteiger partial charge in [0.1, 0.15) is 11.9 Å². The van der Waals surface area contributed by atoms with Crippen LogP contribution in [0.2, 0.25) is 0 Å². The molecule has 0 bridgehead atoms. The van der Waals surface area contributed by atoms with Gasteiger partial charge in [-0.1, -0.05) is 30.3 Å². The number of rotatable bonds is 3. The van der Waals surface area contributed by atoms with E-state index in [9.17, 15) is 21.6 Å². The molecule has 1 aliphatic heterocycles. The summed E-state index contributed by atoms with van der Waals surface area (Å²) < 4.78 is 69.0. The number of fused-ring (bicyclic) bond motifs is 1. The average Bonchev–Trinajstić information content (AvgIpc) is 3.21. The lowest BCUT2D eigenvalue weighted by Crippen LogP contribution is -2.28. The van der Waals surface area contributed by atoms with Crippen LogP contribution in [0.3, 0.4) is 0 Å². The molecule has 0 amide bonds. The molecule has 2 aromatic rings. The highest BCUT2D eigenvalue weighted by atomic mass is 32.2. The van der Waals surface area contributed by atoms with E-state index in [2.05, 4.69) is 4.18 Å². The third kappa shape index (κ3) is 2.56. The van der Waals surface area contributed by atoms with Gasteiger partial charge in [-0.15, -0.1) is 0 Å². The van der Waals surface area contributed by atoms with Crippen LogP contribution in [0, 0.1) is 0 Å². The molecule has 1 saturated heterocycles. The Balaban J connectivity index is 2.13. The molecule has 0 spiro atoms. The zero-order chi connectivity index (χ0) is 15.3. The summed E-state index contributed by atoms with van der Waals surface area (Å²) in [6.45, 7) is 0.316. The van der Waals surface area contributed by atoms with Crippen molar-refractivity contribution in [1.29, 1.82) is 0 Å². The predicted molar refractivity (Wildman–Crippen MR) is 68.2 cm³/mol. The summed E-state index contributed by atoms with van der Waals surface area (Å²) in [4.78, 5) is 0. The van der Waals surface area contributed by atoms with Gasteiger partial charge >= 0.3 is 15.6 Å². The molecule has 112 valence electrons. The lowest BCUT2D eigenvalue weighted by atomic mass is 10.0. The van der Waals surface area contributed by atoms with Gasteiger partial charge in [0, 0.05) is 5.56 Å². The molecule has 0 saturated carbocycles. The molecular weight excluding hydrogens is 309 g/mol. The maximum absolute atomic E-state index is 12.4. The molecular formula is C13H9F3O4S. The second kappa shape index (κ2) is 4.60. The lowest BCUT2D eigenvalue weighted by molar-refractivity contribution is -0.0500. The Bertz CT molecular complexity index is 795. The molecule has 2 aromatic carbocycles. The van der Waals surface area contributed by atoms with E-state index in [0.717, 1.165) is 5.39 Å². The summed E-state index contributed by atoms with van der Waals surface area (Å²) in [6, 6.07) is 9.64. The summed E-state index contributed by atoms with van der Waals surface area (Å²) >= 11 is 0. The first kappa shape index (κ1) is 14.2. The fraction of sp³-hybridized carbons (Fsp3) is 0.231. The minimum atomic E-state index is -5.70. The Hall–Kier alpha value is -1.80. The summed E-state index contributed by atoms with van der Waals surface area (Å²) in [5.74, 6) is -0.353. The van der Waals surface area contributed by atoms with E-state index in [1.165, 1.54) is 12.1 Å². The highest BCUT2D eigenvalue weighted by Crippen LogP contribution is 2.42. The van der Waals surface area contributed by atoms with Crippen LogP contribution in [-0.4, -0.2) is 20.5 Å². The number of hydrogen-bond acceptors (Lipinski definition) is 4. The van der Waals surface area contributed by atoms with Crippen molar-refractivity contribution in [3.8, 4) is 5.75 Å². The molecule has 0 unspecified atom stereocenters. The summed E-state index contributed by atoms with van der Waals surface area (Å²) in [6.07, 6.45) is -0.450. The minimum absolute atomic E-state index is 0.316. The Morgan fingerprint density at radius 1 is 1.14 bits per heavy atom. The van der Waals surface area contributed by atoms with E-state index in [0.29, 0.717) is 17.6 Å². The molecule has 0 N–H and O–H groups in total. The highest BCUT2D eigenvalue weighted by Gasteiger charge is 2.49. The Morgan fingerprint density at radius 2 is 1.81 bits per heavy atom. The van der Waals surface area contributed by atoms with E-state index < -0.39 is 21.7 Å². The van der Waals surface area contributed by atoms with E-state index in [1.54, 1.807) is 24.3 Å². The van der Waals surface area contributed by atoms with Gasteiger partial charge in [-0.3, -0.25) is 0 Å². The largest absolute Gasteiger partial charge is 0.534 e. The van der Waals surface area contributed by atoms with Gasteiger partial charge in [-0.05, 0) is 16.8 Å². The first-order valence-corrected chi connectivity index (χ1v) is 7.34. The van der Waals surface area contributed by atoms with Gasteiger partial charge in [0.25, 0.3) is 0 Å². The van der Waals surface area contributed by atoms with Gasteiger partial charge in [-0.2, -0.15) is 21.6 Å². The quantitative estimate of drug-likeness (QED) is 0.496. The highest BCUT2D eigenvalue weighted by molar-refractivity contribution is 7.88. The van der Waals surface area contributed by atoms with Crippen molar-refractivity contribution in [3.05, 3.63) is 42.0 Å². The van der Waals surface area contributed by atoms with Crippen LogP contribution in [0.1, 0.15) is 11.7 Å². The van der Waals surface area contributed by atoms with Gasteiger partial charge in [0.15, 0.2) is 0 Å². The normalized spacial score (nSPS) is 18.7. The zero-order valence-electron chi connectivity index (χ0n) is 10.4. The van der Waals surface area contributed by atoms with Crippen molar-refractivity contribution in [2.24, 2.45) is 0 Å². The van der Waals surface area contributed by atoms with Crippen LogP contribution < -0.4 is 4.18 Å². The molecule has 21 heavy (non-hydrogen) atoms. The maximum atomic E-state index is 12.4. The first-order chi connectivity index (χ1) is 9.79. The average molecular weight is 318 g/mol. The summed E-state index contributed by atoms with van der Waals surface area (Å²) in [5.41, 5.74) is -5.15. The maximum Gasteiger partial charge on any atom is 0.534 e. The molecule has 1 fully saturated rings. The monoisotopic (exact) mass is 318 g/mol. The Kier molecular flexibility index (Phi) is 3.10. The fourth-order valence-corrected chi connectivity index (χ4v) is 2.54. The third-order valence-electron chi connectivity index (χ3n) is 3.07. The topological polar surface area (TPSA) is 55.9 Å². The van der Waals surface area contributed by atoms with Crippen LogP contribution >= 0.6 is 0 Å². The third-order valence-corrected chi connectivity index (χ3v) is 4.03. The number of benzene rings is 2. The SMILES string of the molecule is O=S(=O)(Oc1ccc2ccccc2c1[C@H]1CO1)C(F)(F)F. The van der Waals surface area contributed by atoms with E-state index >= 15 is 0 Å². The Morgan fingerprint density at radius 3 is 2.43 bits per heavy atom. The lowest BCUT2D eigenvalue weighted by Gasteiger charge is -2.14. The summed E-state index contributed by atoms with van der Waals surface area (Å²) in [5, 5.41) is 1.37. The first-order valence-electron chi connectivity index (χ1n) is 5.93. The van der Waals surface area contributed by atoms with E-state index in [-0.39, 0.29) is 5.75 Å². The predicted octanol–water partition coefficient (Wildman–Crippen LogP) is 3.14. The number of ether oxygens (including phenoxy) is 1. The molecule has 3 rings (SSSR count). The number of halogens is 3. The second-order valence-corrected chi connectivity index (χ2v) is 6.04. The van der Waals surface area contributed by atoms with Crippen molar-refractivity contribution < 1.29 is 30.5 Å². The minimum Gasteiger partial charge on any atom is -0.376 e. The number of epoxide rings is 1. The van der Waals surface area contributed by atoms with Crippen molar-refractivity contribution in [3.63, 3.8) is 0 Å². The van der Waals surface area contributed by atoms with Crippen molar-refractivity contribution >= 4 is 20.9 Å². The van der Waals surface area contributed by atoms with Gasteiger partial charge in [0.05, 0.1) is 6.61 Å². The van der Waals surface area contributed by atoms with Crippen LogP contribution in [-0.2, 0) is 14.9 Å². The number of hydrogen-bond donors (Lipinski definition) is 0. The fourth-order valence-electron chi connectivity index (χ4n) is 2.06. The Labute approximate surface area is 118 Å². The van der Waals surface area contributed by atoms with Crippen LogP contribution in [0.15, 0.2) is 36.4 Å².